The van der Waals surface area contributed by atoms with Crippen LogP contribution in [0.1, 0.15) is 5.01 Å². The van der Waals surface area contributed by atoms with Gasteiger partial charge in [0.1, 0.15) is 5.01 Å². The lowest BCUT2D eigenvalue weighted by atomic mass is 10.2. The van der Waals surface area contributed by atoms with Crippen LogP contribution in [-0.4, -0.2) is 41.0 Å². The van der Waals surface area contributed by atoms with E-state index in [1.807, 2.05) is 12.3 Å². The minimum Gasteiger partial charge on any atom is -0.314 e. The van der Waals surface area contributed by atoms with Gasteiger partial charge >= 0.3 is 0 Å². The van der Waals surface area contributed by atoms with Crippen molar-refractivity contribution in [3.63, 3.8) is 0 Å². The molecule has 1 saturated heterocycles. The minimum atomic E-state index is 0.965. The Kier molecular flexibility index (Phi) is 3.64. The first kappa shape index (κ1) is 11.8. The van der Waals surface area contributed by atoms with Gasteiger partial charge in [-0.3, -0.25) is 9.88 Å². The van der Waals surface area contributed by atoms with E-state index in [4.69, 9.17) is 4.98 Å². The Hall–Kier alpha value is -1.30. The highest BCUT2D eigenvalue weighted by Gasteiger charge is 2.12. The number of nitrogens with one attached hydrogen (secondary N) is 1. The van der Waals surface area contributed by atoms with Gasteiger partial charge in [-0.25, -0.2) is 4.98 Å². The van der Waals surface area contributed by atoms with Gasteiger partial charge in [-0.2, -0.15) is 0 Å². The monoisotopic (exact) mass is 260 g/mol. The average Bonchev–Trinajstić information content (AvgIpc) is 2.89. The maximum atomic E-state index is 4.69. The highest BCUT2D eigenvalue weighted by Crippen LogP contribution is 2.21. The average molecular weight is 260 g/mol. The molecule has 3 heterocycles. The second-order valence-electron chi connectivity index (χ2n) is 4.39. The second kappa shape index (κ2) is 5.56. The lowest BCUT2D eigenvalue weighted by molar-refractivity contribution is 0.233. The largest absolute Gasteiger partial charge is 0.314 e. The first-order valence-corrected chi connectivity index (χ1v) is 7.08. The van der Waals surface area contributed by atoms with Gasteiger partial charge in [0.25, 0.3) is 0 Å². The molecule has 0 saturated carbocycles. The topological polar surface area (TPSA) is 41.1 Å². The van der Waals surface area contributed by atoms with Gasteiger partial charge in [-0.1, -0.05) is 0 Å². The summed E-state index contributed by atoms with van der Waals surface area (Å²) < 4.78 is 0. The molecule has 0 bridgehead atoms. The third-order valence-corrected chi connectivity index (χ3v) is 3.91. The molecule has 1 aliphatic heterocycles. The summed E-state index contributed by atoms with van der Waals surface area (Å²) in [6.07, 6.45) is 3.65. The maximum Gasteiger partial charge on any atom is 0.107 e. The molecule has 18 heavy (non-hydrogen) atoms. The molecule has 4 nitrogen and oxygen atoms in total. The van der Waals surface area contributed by atoms with Gasteiger partial charge in [-0.05, 0) is 12.1 Å². The zero-order valence-corrected chi connectivity index (χ0v) is 11.0. The summed E-state index contributed by atoms with van der Waals surface area (Å²) >= 11 is 1.74. The van der Waals surface area contributed by atoms with Crippen LogP contribution in [0, 0.1) is 0 Å². The molecule has 2 aromatic heterocycles. The molecule has 2 aromatic rings. The number of piperazine rings is 1. The molecule has 0 aliphatic carbocycles. The van der Waals surface area contributed by atoms with Crippen molar-refractivity contribution < 1.29 is 0 Å². The molecular formula is C13H16N4S. The van der Waals surface area contributed by atoms with Crippen molar-refractivity contribution in [1.82, 2.24) is 20.2 Å². The molecule has 5 heteroatoms. The highest BCUT2D eigenvalue weighted by molar-refractivity contribution is 7.09. The van der Waals surface area contributed by atoms with Crippen LogP contribution in [0.5, 0.6) is 0 Å². The van der Waals surface area contributed by atoms with Crippen molar-refractivity contribution in [2.24, 2.45) is 0 Å². The first-order chi connectivity index (χ1) is 8.92. The molecule has 0 spiro atoms. The van der Waals surface area contributed by atoms with E-state index in [1.54, 1.807) is 17.5 Å². The van der Waals surface area contributed by atoms with Crippen molar-refractivity contribution in [3.8, 4) is 11.3 Å². The van der Waals surface area contributed by atoms with Crippen LogP contribution >= 0.6 is 11.3 Å². The van der Waals surface area contributed by atoms with Gasteiger partial charge in [0, 0.05) is 49.5 Å². The summed E-state index contributed by atoms with van der Waals surface area (Å²) in [4.78, 5) is 11.3. The summed E-state index contributed by atoms with van der Waals surface area (Å²) in [6.45, 7) is 5.36. The van der Waals surface area contributed by atoms with E-state index in [2.05, 4.69) is 26.6 Å². The fraction of sp³-hybridized carbons (Fsp3) is 0.385. The van der Waals surface area contributed by atoms with Gasteiger partial charge in [0.2, 0.25) is 0 Å². The smallest absolute Gasteiger partial charge is 0.107 e. The van der Waals surface area contributed by atoms with Crippen molar-refractivity contribution in [3.05, 3.63) is 34.9 Å². The van der Waals surface area contributed by atoms with E-state index < -0.39 is 0 Å². The predicted molar refractivity (Wildman–Crippen MR) is 73.5 cm³/mol. The zero-order valence-electron chi connectivity index (χ0n) is 10.2. The number of hydrogen-bond donors (Lipinski definition) is 1. The summed E-state index contributed by atoms with van der Waals surface area (Å²) in [5.74, 6) is 0. The molecule has 0 unspecified atom stereocenters. The number of nitrogens with zero attached hydrogens (tertiary/aromatic N) is 3. The Labute approximate surface area is 111 Å². The lowest BCUT2D eigenvalue weighted by Crippen LogP contribution is -2.42. The Morgan fingerprint density at radius 3 is 3.00 bits per heavy atom. The number of rotatable bonds is 3. The predicted octanol–water partition coefficient (Wildman–Crippen LogP) is 1.61. The summed E-state index contributed by atoms with van der Waals surface area (Å²) in [6, 6.07) is 4.00. The Morgan fingerprint density at radius 2 is 2.22 bits per heavy atom. The Morgan fingerprint density at radius 1 is 1.33 bits per heavy atom. The SMILES string of the molecule is c1cncc(-c2csc(CN3CCNCC3)n2)c1. The molecular weight excluding hydrogens is 244 g/mol. The van der Waals surface area contributed by atoms with Crippen molar-refractivity contribution in [2.45, 2.75) is 6.54 Å². The van der Waals surface area contributed by atoms with Crippen LogP contribution in [0.25, 0.3) is 11.3 Å². The molecule has 0 amide bonds. The number of thiazole rings is 1. The van der Waals surface area contributed by atoms with E-state index in [0.29, 0.717) is 0 Å². The van der Waals surface area contributed by atoms with Crippen molar-refractivity contribution in [1.29, 1.82) is 0 Å². The van der Waals surface area contributed by atoms with Crippen LogP contribution in [0.3, 0.4) is 0 Å². The molecule has 1 N–H and O–H groups in total. The molecule has 94 valence electrons. The van der Waals surface area contributed by atoms with Gasteiger partial charge in [0.05, 0.1) is 12.2 Å². The molecule has 3 rings (SSSR count). The van der Waals surface area contributed by atoms with E-state index in [-0.39, 0.29) is 0 Å². The zero-order chi connectivity index (χ0) is 12.2. The fourth-order valence-corrected chi connectivity index (χ4v) is 2.94. The van der Waals surface area contributed by atoms with Crippen LogP contribution in [0.4, 0.5) is 0 Å². The first-order valence-electron chi connectivity index (χ1n) is 6.20. The molecule has 0 radical (unpaired) electrons. The third-order valence-electron chi connectivity index (χ3n) is 3.08. The Bertz CT molecular complexity index is 491. The molecule has 1 fully saturated rings. The fourth-order valence-electron chi connectivity index (χ4n) is 2.09. The maximum absolute atomic E-state index is 4.69. The second-order valence-corrected chi connectivity index (χ2v) is 5.34. The van der Waals surface area contributed by atoms with E-state index in [9.17, 15) is 0 Å². The van der Waals surface area contributed by atoms with Crippen LogP contribution in [-0.2, 0) is 6.54 Å². The quantitative estimate of drug-likeness (QED) is 0.910. The number of pyridine rings is 1. The van der Waals surface area contributed by atoms with Gasteiger partial charge in [0.15, 0.2) is 0 Å². The van der Waals surface area contributed by atoms with Crippen LogP contribution in [0.2, 0.25) is 0 Å². The minimum absolute atomic E-state index is 0.965. The lowest BCUT2D eigenvalue weighted by Gasteiger charge is -2.26. The van der Waals surface area contributed by atoms with E-state index in [0.717, 1.165) is 44.0 Å². The van der Waals surface area contributed by atoms with Gasteiger partial charge in [-0.15, -0.1) is 11.3 Å². The Balaban J connectivity index is 1.69. The number of hydrogen-bond acceptors (Lipinski definition) is 5. The number of aromatic nitrogens is 2. The standard InChI is InChI=1S/C13H16N4S/c1-2-11(8-15-3-1)12-10-18-13(16-12)9-17-6-4-14-5-7-17/h1-3,8,10,14H,4-7,9H2. The van der Waals surface area contributed by atoms with Gasteiger partial charge < -0.3 is 5.32 Å². The third kappa shape index (κ3) is 2.75. The van der Waals surface area contributed by atoms with Crippen LogP contribution < -0.4 is 5.32 Å². The van der Waals surface area contributed by atoms with Crippen molar-refractivity contribution >= 4 is 11.3 Å². The normalized spacial score (nSPS) is 16.9. The summed E-state index contributed by atoms with van der Waals surface area (Å²) in [7, 11) is 0. The molecule has 0 atom stereocenters. The van der Waals surface area contributed by atoms with E-state index in [1.165, 1.54) is 5.01 Å². The summed E-state index contributed by atoms with van der Waals surface area (Å²) in [5, 5.41) is 6.67. The highest BCUT2D eigenvalue weighted by atomic mass is 32.1. The van der Waals surface area contributed by atoms with Crippen LogP contribution in [0.15, 0.2) is 29.9 Å². The molecule has 0 aromatic carbocycles. The molecule has 1 aliphatic rings. The van der Waals surface area contributed by atoms with Crippen molar-refractivity contribution in [2.75, 3.05) is 26.2 Å². The van der Waals surface area contributed by atoms with E-state index >= 15 is 0 Å². The summed E-state index contributed by atoms with van der Waals surface area (Å²) in [5.41, 5.74) is 2.14.